The predicted octanol–water partition coefficient (Wildman–Crippen LogP) is 0.573. The van der Waals surface area contributed by atoms with Crippen LogP contribution in [-0.4, -0.2) is 68.2 Å². The van der Waals surface area contributed by atoms with Gasteiger partial charge < -0.3 is 19.9 Å². The summed E-state index contributed by atoms with van der Waals surface area (Å²) in [6.45, 7) is 8.41. The lowest BCUT2D eigenvalue weighted by Crippen LogP contribution is -2.47. The molecule has 1 rings (SSSR count). The Kier molecular flexibility index (Phi) is 7.80. The highest BCUT2D eigenvalue weighted by molar-refractivity contribution is 5.97. The molecule has 0 bridgehead atoms. The van der Waals surface area contributed by atoms with Crippen molar-refractivity contribution in [3.63, 3.8) is 0 Å². The normalized spacial score (nSPS) is 16.9. The summed E-state index contributed by atoms with van der Waals surface area (Å²) in [6, 6.07) is 1.98. The maximum atomic E-state index is 12.2. The molecular formula is C15H26N4O2. The van der Waals surface area contributed by atoms with Crippen molar-refractivity contribution in [2.45, 2.75) is 26.4 Å². The van der Waals surface area contributed by atoms with E-state index in [0.29, 0.717) is 26.2 Å². The average molecular weight is 294 g/mol. The number of likely N-dealkylation sites (N-methyl/N-ethyl adjacent to an activating group) is 1. The fourth-order valence-corrected chi connectivity index (χ4v) is 1.99. The van der Waals surface area contributed by atoms with Crippen LogP contribution in [0.15, 0.2) is 11.8 Å². The van der Waals surface area contributed by atoms with Crippen LogP contribution in [0.3, 0.4) is 0 Å². The highest BCUT2D eigenvalue weighted by Gasteiger charge is 2.21. The molecule has 1 amide bonds. The molecule has 0 aromatic rings. The monoisotopic (exact) mass is 294 g/mol. The third-order valence-corrected chi connectivity index (χ3v) is 3.30. The van der Waals surface area contributed by atoms with E-state index in [2.05, 4.69) is 10.2 Å². The maximum absolute atomic E-state index is 12.2. The quantitative estimate of drug-likeness (QED) is 0.422. The minimum absolute atomic E-state index is 0.171. The average Bonchev–Trinajstić information content (AvgIpc) is 2.46. The number of rotatable bonds is 7. The SMILES string of the molecule is CC(C)OCCCN/C=C(/C#N)C(=O)N1CCN(C)CC1. The molecule has 0 aromatic heterocycles. The number of ether oxygens (including phenoxy) is 1. The van der Waals surface area contributed by atoms with Gasteiger partial charge in [-0.05, 0) is 27.3 Å². The summed E-state index contributed by atoms with van der Waals surface area (Å²) in [7, 11) is 2.03. The molecule has 1 N–H and O–H groups in total. The Morgan fingerprint density at radius 3 is 2.62 bits per heavy atom. The molecule has 1 heterocycles. The molecule has 6 heteroatoms. The molecule has 1 aliphatic heterocycles. The molecule has 0 radical (unpaired) electrons. The van der Waals surface area contributed by atoms with Crippen molar-refractivity contribution < 1.29 is 9.53 Å². The van der Waals surface area contributed by atoms with Gasteiger partial charge in [0.25, 0.3) is 5.91 Å². The summed E-state index contributed by atoms with van der Waals surface area (Å²) in [5.41, 5.74) is 0.171. The number of carbonyl (C=O) groups excluding carboxylic acids is 1. The van der Waals surface area contributed by atoms with Crippen LogP contribution in [0.1, 0.15) is 20.3 Å². The molecule has 1 fully saturated rings. The second kappa shape index (κ2) is 9.37. The van der Waals surface area contributed by atoms with E-state index in [0.717, 1.165) is 19.5 Å². The van der Waals surface area contributed by atoms with Gasteiger partial charge in [-0.1, -0.05) is 0 Å². The summed E-state index contributed by atoms with van der Waals surface area (Å²) < 4.78 is 5.42. The molecule has 0 saturated carbocycles. The van der Waals surface area contributed by atoms with E-state index in [1.54, 1.807) is 4.90 Å². The predicted molar refractivity (Wildman–Crippen MR) is 81.5 cm³/mol. The van der Waals surface area contributed by atoms with Crippen molar-refractivity contribution in [3.8, 4) is 6.07 Å². The molecule has 0 spiro atoms. The zero-order chi connectivity index (χ0) is 15.7. The maximum Gasteiger partial charge on any atom is 0.266 e. The van der Waals surface area contributed by atoms with Gasteiger partial charge in [-0.15, -0.1) is 0 Å². The van der Waals surface area contributed by atoms with Crippen molar-refractivity contribution in [1.29, 1.82) is 5.26 Å². The van der Waals surface area contributed by atoms with E-state index in [4.69, 9.17) is 10.00 Å². The lowest BCUT2D eigenvalue weighted by Gasteiger charge is -2.32. The Bertz CT molecular complexity index is 393. The molecule has 21 heavy (non-hydrogen) atoms. The number of amides is 1. The zero-order valence-corrected chi connectivity index (χ0v) is 13.3. The van der Waals surface area contributed by atoms with Gasteiger partial charge in [0.05, 0.1) is 6.10 Å². The summed E-state index contributed by atoms with van der Waals surface area (Å²) in [6.07, 6.45) is 2.60. The van der Waals surface area contributed by atoms with Crippen LogP contribution in [0.25, 0.3) is 0 Å². The number of nitrogens with one attached hydrogen (secondary N) is 1. The Hall–Kier alpha value is -1.58. The molecular weight excluding hydrogens is 268 g/mol. The van der Waals surface area contributed by atoms with Crippen molar-refractivity contribution in [3.05, 3.63) is 11.8 Å². The van der Waals surface area contributed by atoms with Crippen LogP contribution in [0.4, 0.5) is 0 Å². The largest absolute Gasteiger partial charge is 0.390 e. The van der Waals surface area contributed by atoms with E-state index in [9.17, 15) is 4.79 Å². The topological polar surface area (TPSA) is 68.6 Å². The molecule has 1 saturated heterocycles. The van der Waals surface area contributed by atoms with Crippen molar-refractivity contribution >= 4 is 5.91 Å². The first-order chi connectivity index (χ1) is 10.0. The molecule has 0 aromatic carbocycles. The van der Waals surface area contributed by atoms with E-state index >= 15 is 0 Å². The van der Waals surface area contributed by atoms with Gasteiger partial charge in [0.15, 0.2) is 0 Å². The van der Waals surface area contributed by atoms with E-state index in [1.807, 2.05) is 27.0 Å². The van der Waals surface area contributed by atoms with Gasteiger partial charge in [0, 0.05) is 45.5 Å². The number of nitrogens with zero attached hydrogens (tertiary/aromatic N) is 3. The summed E-state index contributed by atoms with van der Waals surface area (Å²) >= 11 is 0. The van der Waals surface area contributed by atoms with Crippen molar-refractivity contribution in [1.82, 2.24) is 15.1 Å². The number of hydrogen-bond acceptors (Lipinski definition) is 5. The second-order valence-electron chi connectivity index (χ2n) is 5.49. The minimum Gasteiger partial charge on any atom is -0.390 e. The second-order valence-corrected chi connectivity index (χ2v) is 5.49. The lowest BCUT2D eigenvalue weighted by molar-refractivity contribution is -0.128. The Morgan fingerprint density at radius 2 is 2.05 bits per heavy atom. The molecule has 0 aliphatic carbocycles. The van der Waals surface area contributed by atoms with Gasteiger partial charge in [-0.25, -0.2) is 0 Å². The molecule has 0 unspecified atom stereocenters. The van der Waals surface area contributed by atoms with Gasteiger partial charge in [0.2, 0.25) is 0 Å². The van der Waals surface area contributed by atoms with E-state index < -0.39 is 0 Å². The minimum atomic E-state index is -0.184. The highest BCUT2D eigenvalue weighted by Crippen LogP contribution is 2.05. The lowest BCUT2D eigenvalue weighted by atomic mass is 10.2. The van der Waals surface area contributed by atoms with Crippen LogP contribution < -0.4 is 5.32 Å². The summed E-state index contributed by atoms with van der Waals surface area (Å²) in [5, 5.41) is 12.1. The van der Waals surface area contributed by atoms with Crippen LogP contribution >= 0.6 is 0 Å². The first kappa shape index (κ1) is 17.5. The molecule has 6 nitrogen and oxygen atoms in total. The van der Waals surface area contributed by atoms with Crippen LogP contribution in [0.5, 0.6) is 0 Å². The Balaban J connectivity index is 2.34. The van der Waals surface area contributed by atoms with Crippen molar-refractivity contribution in [2.75, 3.05) is 46.4 Å². The fraction of sp³-hybridized carbons (Fsp3) is 0.733. The fourth-order valence-electron chi connectivity index (χ4n) is 1.99. The van der Waals surface area contributed by atoms with Crippen LogP contribution in [-0.2, 0) is 9.53 Å². The highest BCUT2D eigenvalue weighted by atomic mass is 16.5. The van der Waals surface area contributed by atoms with Crippen LogP contribution in [0, 0.1) is 11.3 Å². The number of nitriles is 1. The van der Waals surface area contributed by atoms with E-state index in [-0.39, 0.29) is 17.6 Å². The number of hydrogen-bond donors (Lipinski definition) is 1. The summed E-state index contributed by atoms with van der Waals surface area (Å²) in [4.78, 5) is 16.1. The summed E-state index contributed by atoms with van der Waals surface area (Å²) in [5.74, 6) is -0.184. The third kappa shape index (κ3) is 6.61. The first-order valence-electron chi connectivity index (χ1n) is 7.47. The zero-order valence-electron chi connectivity index (χ0n) is 13.3. The smallest absolute Gasteiger partial charge is 0.266 e. The van der Waals surface area contributed by atoms with E-state index in [1.165, 1.54) is 6.20 Å². The standard InChI is InChI=1S/C15H26N4O2/c1-13(2)21-10-4-5-17-12-14(11-16)15(20)19-8-6-18(3)7-9-19/h12-13,17H,4-10H2,1-3H3/b14-12-. The molecule has 118 valence electrons. The van der Waals surface area contributed by atoms with Gasteiger partial charge in [-0.3, -0.25) is 4.79 Å². The van der Waals surface area contributed by atoms with Gasteiger partial charge in [0.1, 0.15) is 11.6 Å². The van der Waals surface area contributed by atoms with Gasteiger partial charge in [-0.2, -0.15) is 5.26 Å². The first-order valence-corrected chi connectivity index (χ1v) is 7.47. The number of carbonyl (C=O) groups is 1. The van der Waals surface area contributed by atoms with Gasteiger partial charge >= 0.3 is 0 Å². The Morgan fingerprint density at radius 1 is 1.38 bits per heavy atom. The molecule has 1 aliphatic rings. The van der Waals surface area contributed by atoms with Crippen LogP contribution in [0.2, 0.25) is 0 Å². The molecule has 0 atom stereocenters. The van der Waals surface area contributed by atoms with Crippen molar-refractivity contribution in [2.24, 2.45) is 0 Å². The third-order valence-electron chi connectivity index (χ3n) is 3.30. The Labute approximate surface area is 127 Å². The number of piperazine rings is 1.